The van der Waals surface area contributed by atoms with Crippen LogP contribution in [0.1, 0.15) is 38.5 Å². The molecule has 2 aliphatic rings. The van der Waals surface area contributed by atoms with E-state index < -0.39 is 5.97 Å². The van der Waals surface area contributed by atoms with Gasteiger partial charge in [-0.3, -0.25) is 9.59 Å². The summed E-state index contributed by atoms with van der Waals surface area (Å²) in [7, 11) is 0. The monoisotopic (exact) mass is 485 g/mol. The van der Waals surface area contributed by atoms with Crippen LogP contribution in [0.2, 0.25) is 10.0 Å². The zero-order valence-electron chi connectivity index (χ0n) is 16.8. The molecular formula is C19H21Cl2N5O4S. The number of anilines is 1. The van der Waals surface area contributed by atoms with Gasteiger partial charge in [0.2, 0.25) is 5.91 Å². The van der Waals surface area contributed by atoms with Crippen LogP contribution in [0.15, 0.2) is 0 Å². The number of aromatic amines is 1. The number of amides is 2. The van der Waals surface area contributed by atoms with Crippen LogP contribution in [0.3, 0.4) is 0 Å². The second kappa shape index (κ2) is 8.33. The first-order valence-electron chi connectivity index (χ1n) is 9.80. The van der Waals surface area contributed by atoms with Crippen molar-refractivity contribution in [3.05, 3.63) is 32.0 Å². The van der Waals surface area contributed by atoms with E-state index in [0.717, 1.165) is 11.3 Å². The Labute approximate surface area is 192 Å². The summed E-state index contributed by atoms with van der Waals surface area (Å²) >= 11 is 13.2. The lowest BCUT2D eigenvalue weighted by Crippen LogP contribution is -2.35. The van der Waals surface area contributed by atoms with Crippen molar-refractivity contribution in [3.8, 4) is 0 Å². The van der Waals surface area contributed by atoms with Gasteiger partial charge in [-0.25, -0.2) is 9.78 Å². The maximum absolute atomic E-state index is 12.5. The average molecular weight is 486 g/mol. The van der Waals surface area contributed by atoms with E-state index in [2.05, 4.69) is 20.6 Å². The SMILES string of the molecule is CCNC(=O)Cc1nc(N2C[C@@H]3[C@H](C2)[C@@H]3NC(=O)c2[nH]c(C)c(Cl)c2Cl)sc1C(=O)O. The van der Waals surface area contributed by atoms with Gasteiger partial charge in [0.1, 0.15) is 10.6 Å². The lowest BCUT2D eigenvalue weighted by atomic mass is 10.2. The van der Waals surface area contributed by atoms with Crippen molar-refractivity contribution in [1.82, 2.24) is 20.6 Å². The number of H-pyrrole nitrogens is 1. The predicted octanol–water partition coefficient (Wildman–Crippen LogP) is 2.33. The quantitative estimate of drug-likeness (QED) is 0.476. The first kappa shape index (κ1) is 21.9. The number of hydrogen-bond acceptors (Lipinski definition) is 6. The zero-order chi connectivity index (χ0) is 22.4. The van der Waals surface area contributed by atoms with Crippen LogP contribution in [-0.2, 0) is 11.2 Å². The topological polar surface area (TPSA) is 127 Å². The Kier molecular flexibility index (Phi) is 5.89. The van der Waals surface area contributed by atoms with Crippen molar-refractivity contribution in [2.45, 2.75) is 26.3 Å². The number of nitrogens with zero attached hydrogens (tertiary/aromatic N) is 2. The van der Waals surface area contributed by atoms with Crippen LogP contribution in [0.5, 0.6) is 0 Å². The first-order valence-corrected chi connectivity index (χ1v) is 11.4. The Hall–Kier alpha value is -2.30. The second-order valence-electron chi connectivity index (χ2n) is 7.69. The summed E-state index contributed by atoms with van der Waals surface area (Å²) in [5.41, 5.74) is 1.17. The highest BCUT2D eigenvalue weighted by Gasteiger charge is 2.57. The second-order valence-corrected chi connectivity index (χ2v) is 9.43. The van der Waals surface area contributed by atoms with Gasteiger partial charge >= 0.3 is 5.97 Å². The molecule has 4 rings (SSSR count). The molecule has 166 valence electrons. The van der Waals surface area contributed by atoms with Gasteiger partial charge in [0, 0.05) is 43.2 Å². The molecule has 3 heterocycles. The summed E-state index contributed by atoms with van der Waals surface area (Å²) < 4.78 is 0. The van der Waals surface area contributed by atoms with Crippen LogP contribution in [-0.4, -0.2) is 58.5 Å². The highest BCUT2D eigenvalue weighted by molar-refractivity contribution is 7.17. The molecular weight excluding hydrogens is 465 g/mol. The number of fused-ring (bicyclic) bond motifs is 1. The number of aryl methyl sites for hydroxylation is 1. The van der Waals surface area contributed by atoms with E-state index in [1.807, 2.05) is 4.90 Å². The molecule has 9 nitrogen and oxygen atoms in total. The number of likely N-dealkylation sites (N-methyl/N-ethyl adjacent to an activating group) is 1. The average Bonchev–Trinajstić information content (AvgIpc) is 3.09. The number of piperidine rings is 1. The molecule has 0 radical (unpaired) electrons. The van der Waals surface area contributed by atoms with Crippen molar-refractivity contribution in [2.75, 3.05) is 24.5 Å². The van der Waals surface area contributed by atoms with Gasteiger partial charge in [-0.2, -0.15) is 0 Å². The molecule has 1 aliphatic heterocycles. The molecule has 0 unspecified atom stereocenters. The van der Waals surface area contributed by atoms with E-state index in [1.54, 1.807) is 13.8 Å². The molecule has 1 saturated heterocycles. The lowest BCUT2D eigenvalue weighted by molar-refractivity contribution is -0.120. The number of carboxylic acid groups (broad SMARTS) is 1. The number of carbonyl (C=O) groups excluding carboxylic acids is 2. The summed E-state index contributed by atoms with van der Waals surface area (Å²) in [5, 5.41) is 16.3. The molecule has 3 atom stereocenters. The third-order valence-corrected chi connectivity index (χ3v) is 7.72. The van der Waals surface area contributed by atoms with Crippen LogP contribution < -0.4 is 15.5 Å². The summed E-state index contributed by atoms with van der Waals surface area (Å²) in [6.45, 7) is 5.32. The van der Waals surface area contributed by atoms with E-state index in [4.69, 9.17) is 23.2 Å². The molecule has 1 aliphatic carbocycles. The van der Waals surface area contributed by atoms with Crippen molar-refractivity contribution in [3.63, 3.8) is 0 Å². The minimum Gasteiger partial charge on any atom is -0.477 e. The van der Waals surface area contributed by atoms with Crippen LogP contribution in [0, 0.1) is 18.8 Å². The summed E-state index contributed by atoms with van der Waals surface area (Å²) in [5.74, 6) is -1.14. The fourth-order valence-electron chi connectivity index (χ4n) is 4.02. The van der Waals surface area contributed by atoms with Gasteiger partial charge in [-0.15, -0.1) is 0 Å². The Bertz CT molecular complexity index is 1060. The first-order chi connectivity index (χ1) is 14.7. The molecule has 0 bridgehead atoms. The highest BCUT2D eigenvalue weighted by Crippen LogP contribution is 2.48. The van der Waals surface area contributed by atoms with Crippen molar-refractivity contribution in [2.24, 2.45) is 11.8 Å². The smallest absolute Gasteiger partial charge is 0.347 e. The number of carbonyl (C=O) groups is 3. The molecule has 2 aromatic heterocycles. The Morgan fingerprint density at radius 2 is 1.94 bits per heavy atom. The van der Waals surface area contributed by atoms with E-state index >= 15 is 0 Å². The minimum absolute atomic E-state index is 0.0240. The summed E-state index contributed by atoms with van der Waals surface area (Å²) in [4.78, 5) is 45.4. The van der Waals surface area contributed by atoms with Gasteiger partial charge in [0.15, 0.2) is 5.13 Å². The third kappa shape index (κ3) is 4.11. The summed E-state index contributed by atoms with van der Waals surface area (Å²) in [6.07, 6.45) is -0.0652. The maximum Gasteiger partial charge on any atom is 0.347 e. The number of halogens is 2. The van der Waals surface area contributed by atoms with Gasteiger partial charge in [-0.05, 0) is 13.8 Å². The fraction of sp³-hybridized carbons (Fsp3) is 0.474. The lowest BCUT2D eigenvalue weighted by Gasteiger charge is -2.19. The van der Waals surface area contributed by atoms with Crippen LogP contribution >= 0.6 is 34.5 Å². The Morgan fingerprint density at radius 1 is 1.26 bits per heavy atom. The molecule has 12 heteroatoms. The fourth-order valence-corrected chi connectivity index (χ4v) is 5.38. The largest absolute Gasteiger partial charge is 0.477 e. The van der Waals surface area contributed by atoms with E-state index in [9.17, 15) is 19.5 Å². The third-order valence-electron chi connectivity index (χ3n) is 5.63. The molecule has 1 saturated carbocycles. The predicted molar refractivity (Wildman–Crippen MR) is 117 cm³/mol. The molecule has 2 amide bonds. The number of carboxylic acids is 1. The van der Waals surface area contributed by atoms with E-state index in [0.29, 0.717) is 35.5 Å². The number of hydrogen-bond donors (Lipinski definition) is 4. The Morgan fingerprint density at radius 3 is 2.48 bits per heavy atom. The number of nitrogens with one attached hydrogen (secondary N) is 3. The van der Waals surface area contributed by atoms with Crippen molar-refractivity contribution >= 4 is 57.5 Å². The van der Waals surface area contributed by atoms with Crippen molar-refractivity contribution < 1.29 is 19.5 Å². The highest BCUT2D eigenvalue weighted by atomic mass is 35.5. The number of aromatic carboxylic acids is 1. The molecule has 4 N–H and O–H groups in total. The van der Waals surface area contributed by atoms with Gasteiger partial charge in [0.05, 0.1) is 22.2 Å². The number of aromatic nitrogens is 2. The zero-order valence-corrected chi connectivity index (χ0v) is 19.1. The number of rotatable bonds is 7. The number of thiazole rings is 1. The standard InChI is InChI=1S/C19H21Cl2N5O4S/c1-3-22-11(27)4-10-16(18(29)30)31-19(24-10)26-5-8-9(6-26)14(8)25-17(28)15-13(21)12(20)7(2)23-15/h8-9,14,23H,3-6H2,1-2H3,(H,22,27)(H,25,28)(H,29,30)/t8-,9+,14-. The molecule has 2 fully saturated rings. The summed E-state index contributed by atoms with van der Waals surface area (Å²) in [6, 6.07) is 0.0240. The normalized spacial score (nSPS) is 21.7. The van der Waals surface area contributed by atoms with Gasteiger partial charge in [-0.1, -0.05) is 34.5 Å². The van der Waals surface area contributed by atoms with Crippen molar-refractivity contribution in [1.29, 1.82) is 0 Å². The molecule has 31 heavy (non-hydrogen) atoms. The maximum atomic E-state index is 12.5. The van der Waals surface area contributed by atoms with Gasteiger partial charge in [0.25, 0.3) is 5.91 Å². The molecule has 0 spiro atoms. The van der Waals surface area contributed by atoms with E-state index in [1.165, 1.54) is 0 Å². The van der Waals surface area contributed by atoms with Gasteiger partial charge < -0.3 is 25.6 Å². The Balaban J connectivity index is 1.39. The van der Waals surface area contributed by atoms with Crippen LogP contribution in [0.25, 0.3) is 0 Å². The molecule has 0 aromatic carbocycles. The van der Waals surface area contributed by atoms with E-state index in [-0.39, 0.29) is 57.4 Å². The van der Waals surface area contributed by atoms with Crippen LogP contribution in [0.4, 0.5) is 5.13 Å². The molecule has 2 aromatic rings. The minimum atomic E-state index is -1.09.